The van der Waals surface area contributed by atoms with Crippen molar-refractivity contribution in [2.24, 2.45) is 0 Å². The lowest BCUT2D eigenvalue weighted by Gasteiger charge is -2.10. The van der Waals surface area contributed by atoms with Crippen molar-refractivity contribution in [1.29, 1.82) is 0 Å². The zero-order valence-electron chi connectivity index (χ0n) is 13.9. The lowest BCUT2D eigenvalue weighted by atomic mass is 10.1. The predicted molar refractivity (Wildman–Crippen MR) is 89.9 cm³/mol. The Labute approximate surface area is 141 Å². The summed E-state index contributed by atoms with van der Waals surface area (Å²) in [5.74, 6) is 1.61. The van der Waals surface area contributed by atoms with Crippen LogP contribution in [0.2, 0.25) is 0 Å². The lowest BCUT2D eigenvalue weighted by Crippen LogP contribution is -2.37. The van der Waals surface area contributed by atoms with Gasteiger partial charge in [-0.25, -0.2) is 4.79 Å². The summed E-state index contributed by atoms with van der Waals surface area (Å²) in [6.07, 6.45) is 5.18. The largest absolute Gasteiger partial charge is 0.492 e. The Morgan fingerprint density at radius 2 is 2.17 bits per heavy atom. The van der Waals surface area contributed by atoms with E-state index in [4.69, 9.17) is 4.74 Å². The van der Waals surface area contributed by atoms with Crippen LogP contribution in [0.4, 0.5) is 4.79 Å². The first-order chi connectivity index (χ1) is 11.8. The zero-order valence-corrected chi connectivity index (χ0v) is 13.9. The number of rotatable bonds is 7. The van der Waals surface area contributed by atoms with Gasteiger partial charge in [0, 0.05) is 6.54 Å². The van der Waals surface area contributed by atoms with Crippen molar-refractivity contribution in [1.82, 2.24) is 25.4 Å². The summed E-state index contributed by atoms with van der Waals surface area (Å²) in [7, 11) is 0. The lowest BCUT2D eigenvalue weighted by molar-refractivity contribution is 0.235. The summed E-state index contributed by atoms with van der Waals surface area (Å²) < 4.78 is 7.59. The molecule has 0 aliphatic heterocycles. The highest BCUT2D eigenvalue weighted by Crippen LogP contribution is 2.25. The van der Waals surface area contributed by atoms with Crippen LogP contribution in [0, 0.1) is 0 Å². The second kappa shape index (κ2) is 7.81. The summed E-state index contributed by atoms with van der Waals surface area (Å²) >= 11 is 0. The number of benzene rings is 1. The molecule has 0 unspecified atom stereocenters. The number of hydrogen-bond donors (Lipinski definition) is 2. The molecule has 7 nitrogen and oxygen atoms in total. The average molecular weight is 329 g/mol. The molecule has 2 aromatic rings. The number of carbonyl (C=O) groups excluding carboxylic acids is 1. The van der Waals surface area contributed by atoms with Crippen molar-refractivity contribution in [3.8, 4) is 5.75 Å². The molecule has 2 N–H and O–H groups in total. The number of hydrogen-bond acceptors (Lipinski definition) is 4. The Morgan fingerprint density at radius 3 is 3.04 bits per heavy atom. The van der Waals surface area contributed by atoms with E-state index in [1.807, 2.05) is 17.6 Å². The molecule has 0 saturated heterocycles. The Morgan fingerprint density at radius 1 is 1.29 bits per heavy atom. The van der Waals surface area contributed by atoms with E-state index in [0.29, 0.717) is 19.7 Å². The minimum absolute atomic E-state index is 0.238. The molecule has 0 atom stereocenters. The number of amides is 2. The highest BCUT2D eigenvalue weighted by atomic mass is 16.5. The van der Waals surface area contributed by atoms with E-state index >= 15 is 0 Å². The fourth-order valence-corrected chi connectivity index (χ4v) is 2.87. The maximum atomic E-state index is 11.8. The molecule has 7 heteroatoms. The van der Waals surface area contributed by atoms with E-state index in [2.05, 4.69) is 33.0 Å². The van der Waals surface area contributed by atoms with Crippen molar-refractivity contribution in [2.75, 3.05) is 13.2 Å². The average Bonchev–Trinajstić information content (AvgIpc) is 3.24. The number of urea groups is 1. The number of carbonyl (C=O) groups is 1. The Bertz CT molecular complexity index is 698. The first kappa shape index (κ1) is 16.3. The Kier molecular flexibility index (Phi) is 5.30. The highest BCUT2D eigenvalue weighted by molar-refractivity contribution is 5.73. The van der Waals surface area contributed by atoms with Gasteiger partial charge in [-0.1, -0.05) is 6.07 Å². The summed E-state index contributed by atoms with van der Waals surface area (Å²) in [5.41, 5.74) is 2.82. The first-order valence-electron chi connectivity index (χ1n) is 8.39. The molecule has 128 valence electrons. The smallest absolute Gasteiger partial charge is 0.315 e. The molecule has 1 heterocycles. The topological polar surface area (TPSA) is 81.1 Å². The van der Waals surface area contributed by atoms with Crippen LogP contribution in [0.5, 0.6) is 5.75 Å². The summed E-state index contributed by atoms with van der Waals surface area (Å²) in [4.78, 5) is 11.8. The maximum Gasteiger partial charge on any atom is 0.315 e. The molecule has 1 aromatic carbocycles. The molecule has 0 bridgehead atoms. The van der Waals surface area contributed by atoms with Crippen molar-refractivity contribution in [3.63, 3.8) is 0 Å². The number of nitrogens with zero attached hydrogens (tertiary/aromatic N) is 3. The monoisotopic (exact) mass is 329 g/mol. The van der Waals surface area contributed by atoms with Crippen LogP contribution < -0.4 is 15.4 Å². The van der Waals surface area contributed by atoms with Gasteiger partial charge in [-0.15, -0.1) is 10.2 Å². The number of aromatic nitrogens is 3. The minimum Gasteiger partial charge on any atom is -0.492 e. The van der Waals surface area contributed by atoms with Gasteiger partial charge in [0.2, 0.25) is 0 Å². The van der Waals surface area contributed by atoms with Gasteiger partial charge in [0.25, 0.3) is 0 Å². The number of aryl methyl sites for hydroxylation is 3. The third-order valence-corrected chi connectivity index (χ3v) is 4.17. The van der Waals surface area contributed by atoms with Gasteiger partial charge in [0.15, 0.2) is 5.82 Å². The Hall–Kier alpha value is -2.57. The summed E-state index contributed by atoms with van der Waals surface area (Å²) in [6, 6.07) is 6.02. The van der Waals surface area contributed by atoms with Crippen LogP contribution in [0.1, 0.15) is 30.3 Å². The predicted octanol–water partition coefficient (Wildman–Crippen LogP) is 1.66. The van der Waals surface area contributed by atoms with Crippen LogP contribution in [0.25, 0.3) is 0 Å². The van der Waals surface area contributed by atoms with E-state index in [0.717, 1.165) is 24.5 Å². The van der Waals surface area contributed by atoms with Gasteiger partial charge in [-0.3, -0.25) is 0 Å². The first-order valence-corrected chi connectivity index (χ1v) is 8.39. The van der Waals surface area contributed by atoms with Crippen molar-refractivity contribution >= 4 is 6.03 Å². The van der Waals surface area contributed by atoms with Crippen LogP contribution in [0.3, 0.4) is 0 Å². The SMILES string of the molecule is CCn1cnnc1CNC(=O)NCCOc1ccc2c(c1)CCC2. The molecule has 3 rings (SSSR count). The molecule has 0 fully saturated rings. The molecule has 1 aromatic heterocycles. The number of nitrogens with one attached hydrogen (secondary N) is 2. The fraction of sp³-hybridized carbons (Fsp3) is 0.471. The van der Waals surface area contributed by atoms with Gasteiger partial charge in [0.1, 0.15) is 18.7 Å². The van der Waals surface area contributed by atoms with Crippen LogP contribution in [-0.4, -0.2) is 33.9 Å². The summed E-state index contributed by atoms with van der Waals surface area (Å²) in [5, 5.41) is 13.3. The normalized spacial score (nSPS) is 12.7. The van der Waals surface area contributed by atoms with E-state index in [1.165, 1.54) is 24.0 Å². The van der Waals surface area contributed by atoms with Crippen LogP contribution in [-0.2, 0) is 25.9 Å². The second-order valence-electron chi connectivity index (χ2n) is 5.78. The zero-order chi connectivity index (χ0) is 16.8. The number of fused-ring (bicyclic) bond motifs is 1. The second-order valence-corrected chi connectivity index (χ2v) is 5.78. The highest BCUT2D eigenvalue weighted by Gasteiger charge is 2.11. The van der Waals surface area contributed by atoms with Gasteiger partial charge in [-0.05, 0) is 49.4 Å². The van der Waals surface area contributed by atoms with E-state index in [9.17, 15) is 4.79 Å². The van der Waals surface area contributed by atoms with Crippen molar-refractivity contribution in [2.45, 2.75) is 39.3 Å². The van der Waals surface area contributed by atoms with Crippen LogP contribution in [0.15, 0.2) is 24.5 Å². The van der Waals surface area contributed by atoms with Gasteiger partial charge in [-0.2, -0.15) is 0 Å². The van der Waals surface area contributed by atoms with Gasteiger partial charge >= 0.3 is 6.03 Å². The number of ether oxygens (including phenoxy) is 1. The van der Waals surface area contributed by atoms with Gasteiger partial charge in [0.05, 0.1) is 13.1 Å². The van der Waals surface area contributed by atoms with Crippen molar-refractivity contribution < 1.29 is 9.53 Å². The summed E-state index contributed by atoms with van der Waals surface area (Å²) in [6.45, 7) is 4.02. The molecule has 0 saturated carbocycles. The van der Waals surface area contributed by atoms with Gasteiger partial charge < -0.3 is 19.9 Å². The van der Waals surface area contributed by atoms with E-state index < -0.39 is 0 Å². The van der Waals surface area contributed by atoms with Crippen LogP contribution >= 0.6 is 0 Å². The molecule has 1 aliphatic rings. The minimum atomic E-state index is -0.238. The maximum absolute atomic E-state index is 11.8. The molecule has 1 aliphatic carbocycles. The quantitative estimate of drug-likeness (QED) is 0.757. The molecule has 0 spiro atoms. The molecular formula is C17H23N5O2. The Balaban J connectivity index is 1.35. The standard InChI is InChI=1S/C17H23N5O2/c1-2-22-12-20-21-16(22)11-19-17(23)18-8-9-24-15-7-6-13-4-3-5-14(13)10-15/h6-7,10,12H,2-5,8-9,11H2,1H3,(H2,18,19,23). The fourth-order valence-electron chi connectivity index (χ4n) is 2.87. The van der Waals surface area contributed by atoms with E-state index in [-0.39, 0.29) is 6.03 Å². The third-order valence-electron chi connectivity index (χ3n) is 4.17. The molecule has 24 heavy (non-hydrogen) atoms. The third kappa shape index (κ3) is 4.04. The molecule has 2 amide bonds. The molecular weight excluding hydrogens is 306 g/mol. The van der Waals surface area contributed by atoms with Crippen molar-refractivity contribution in [3.05, 3.63) is 41.5 Å². The van der Waals surface area contributed by atoms with E-state index in [1.54, 1.807) is 6.33 Å². The molecule has 0 radical (unpaired) electrons.